The Morgan fingerprint density at radius 1 is 1.09 bits per heavy atom. The maximum atomic E-state index is 13.1. The molecule has 8 heteroatoms. The standard InChI is InChI=1S/C25H23N3O5/c1-2-26-25(32)28-21(30)14-33-24(31)22-18-5-3-4-6-20(18)27-23-16(9-12-19(22)23)13-15-7-10-17(29)11-8-15/h3-8,10-11,13,29H,2,9,12,14H2,1H3,(H2,26,28,30,32)/b16-13-. The summed E-state index contributed by atoms with van der Waals surface area (Å²) in [6.07, 6.45) is 3.28. The van der Waals surface area contributed by atoms with Gasteiger partial charge in [-0.15, -0.1) is 0 Å². The average Bonchev–Trinajstić information content (AvgIpc) is 3.19. The number of esters is 1. The second kappa shape index (κ2) is 9.52. The third-order valence-corrected chi connectivity index (χ3v) is 5.30. The summed E-state index contributed by atoms with van der Waals surface area (Å²) in [7, 11) is 0. The second-order valence-corrected chi connectivity index (χ2v) is 7.58. The van der Waals surface area contributed by atoms with E-state index in [4.69, 9.17) is 9.72 Å². The summed E-state index contributed by atoms with van der Waals surface area (Å²) >= 11 is 0. The van der Waals surface area contributed by atoms with Crippen molar-refractivity contribution in [2.75, 3.05) is 13.2 Å². The summed E-state index contributed by atoms with van der Waals surface area (Å²) < 4.78 is 5.26. The Kier molecular flexibility index (Phi) is 6.35. The van der Waals surface area contributed by atoms with E-state index in [2.05, 4.69) is 10.6 Å². The minimum absolute atomic E-state index is 0.189. The van der Waals surface area contributed by atoms with Crippen molar-refractivity contribution in [3.8, 4) is 5.75 Å². The van der Waals surface area contributed by atoms with Crippen molar-refractivity contribution in [3.05, 3.63) is 70.9 Å². The fourth-order valence-electron chi connectivity index (χ4n) is 3.85. The van der Waals surface area contributed by atoms with Gasteiger partial charge in [0, 0.05) is 11.9 Å². The molecule has 3 aromatic rings. The number of phenolic OH excluding ortho intramolecular Hbond substituents is 1. The maximum absolute atomic E-state index is 13.1. The molecule has 0 spiro atoms. The van der Waals surface area contributed by atoms with Crippen LogP contribution in [-0.2, 0) is 16.0 Å². The van der Waals surface area contributed by atoms with Crippen LogP contribution in [0.1, 0.15) is 40.5 Å². The van der Waals surface area contributed by atoms with Crippen LogP contribution in [0.5, 0.6) is 5.75 Å². The molecular weight excluding hydrogens is 422 g/mol. The van der Waals surface area contributed by atoms with Gasteiger partial charge in [0.25, 0.3) is 5.91 Å². The van der Waals surface area contributed by atoms with E-state index in [-0.39, 0.29) is 5.75 Å². The molecule has 0 aliphatic heterocycles. The van der Waals surface area contributed by atoms with Gasteiger partial charge in [-0.25, -0.2) is 14.6 Å². The molecular formula is C25H23N3O5. The molecule has 0 saturated carbocycles. The third-order valence-electron chi connectivity index (χ3n) is 5.30. The van der Waals surface area contributed by atoms with Crippen molar-refractivity contribution >= 4 is 40.5 Å². The first-order valence-electron chi connectivity index (χ1n) is 10.6. The fourth-order valence-corrected chi connectivity index (χ4v) is 3.85. The number of allylic oxidation sites excluding steroid dienone is 1. The molecule has 168 valence electrons. The second-order valence-electron chi connectivity index (χ2n) is 7.58. The summed E-state index contributed by atoms with van der Waals surface area (Å²) in [5.41, 5.74) is 4.42. The topological polar surface area (TPSA) is 118 Å². The van der Waals surface area contributed by atoms with Gasteiger partial charge in [-0.3, -0.25) is 10.1 Å². The molecule has 3 N–H and O–H groups in total. The van der Waals surface area contributed by atoms with E-state index in [0.29, 0.717) is 35.9 Å². The number of benzene rings is 2. The van der Waals surface area contributed by atoms with Crippen LogP contribution in [0, 0.1) is 0 Å². The van der Waals surface area contributed by atoms with Crippen LogP contribution >= 0.6 is 0 Å². The number of imide groups is 1. The lowest BCUT2D eigenvalue weighted by molar-refractivity contribution is -0.123. The molecule has 4 rings (SSSR count). The number of hydrogen-bond acceptors (Lipinski definition) is 6. The van der Waals surface area contributed by atoms with Gasteiger partial charge in [0.2, 0.25) is 0 Å². The first-order valence-corrected chi connectivity index (χ1v) is 10.6. The molecule has 1 aromatic heterocycles. The molecule has 8 nitrogen and oxygen atoms in total. The number of carbonyl (C=O) groups is 3. The van der Waals surface area contributed by atoms with Crippen molar-refractivity contribution < 1.29 is 24.2 Å². The lowest BCUT2D eigenvalue weighted by Gasteiger charge is -2.12. The number of ether oxygens (including phenoxy) is 1. The minimum atomic E-state index is -0.711. The minimum Gasteiger partial charge on any atom is -0.508 e. The molecule has 0 radical (unpaired) electrons. The average molecular weight is 445 g/mol. The van der Waals surface area contributed by atoms with Gasteiger partial charge in [-0.1, -0.05) is 30.3 Å². The number of amides is 3. The first kappa shape index (κ1) is 22.0. The molecule has 0 fully saturated rings. The number of nitrogens with zero attached hydrogens (tertiary/aromatic N) is 1. The molecule has 0 unspecified atom stereocenters. The molecule has 1 aliphatic carbocycles. The third kappa shape index (κ3) is 4.85. The van der Waals surface area contributed by atoms with Gasteiger partial charge in [0.1, 0.15) is 5.75 Å². The summed E-state index contributed by atoms with van der Waals surface area (Å²) in [5, 5.41) is 14.7. The number of aromatic hydroxyl groups is 1. The highest BCUT2D eigenvalue weighted by Crippen LogP contribution is 2.37. The first-order chi connectivity index (χ1) is 16.0. The van der Waals surface area contributed by atoms with E-state index in [0.717, 1.165) is 22.4 Å². The van der Waals surface area contributed by atoms with Crippen LogP contribution in [0.25, 0.3) is 22.6 Å². The molecule has 0 saturated heterocycles. The van der Waals surface area contributed by atoms with Gasteiger partial charge < -0.3 is 15.2 Å². The number of carbonyl (C=O) groups excluding carboxylic acids is 3. The number of pyridine rings is 1. The number of nitrogens with one attached hydrogen (secondary N) is 2. The molecule has 3 amide bonds. The molecule has 33 heavy (non-hydrogen) atoms. The Bertz CT molecular complexity index is 1270. The smallest absolute Gasteiger partial charge is 0.339 e. The van der Waals surface area contributed by atoms with Gasteiger partial charge in [-0.05, 0) is 60.7 Å². The molecule has 0 bridgehead atoms. The maximum Gasteiger partial charge on any atom is 0.339 e. The van der Waals surface area contributed by atoms with Crippen molar-refractivity contribution in [2.45, 2.75) is 19.8 Å². The fraction of sp³-hybridized carbons (Fsp3) is 0.200. The monoisotopic (exact) mass is 445 g/mol. The SMILES string of the molecule is CCNC(=O)NC(=O)COC(=O)c1c2c(nc3ccccc13)/C(=C\c1ccc(O)cc1)CC2. The Balaban J connectivity index is 1.65. The number of rotatable bonds is 5. The van der Waals surface area contributed by atoms with Crippen molar-refractivity contribution in [1.29, 1.82) is 0 Å². The highest BCUT2D eigenvalue weighted by atomic mass is 16.5. The van der Waals surface area contributed by atoms with Crippen LogP contribution in [0.3, 0.4) is 0 Å². The van der Waals surface area contributed by atoms with Crippen molar-refractivity contribution in [1.82, 2.24) is 15.6 Å². The van der Waals surface area contributed by atoms with Crippen LogP contribution in [0.4, 0.5) is 4.79 Å². The van der Waals surface area contributed by atoms with E-state index in [1.54, 1.807) is 25.1 Å². The zero-order valence-electron chi connectivity index (χ0n) is 18.1. The number of fused-ring (bicyclic) bond motifs is 2. The zero-order valence-corrected chi connectivity index (χ0v) is 18.1. The molecule has 1 aliphatic rings. The Labute approximate surface area is 190 Å². The predicted molar refractivity (Wildman–Crippen MR) is 124 cm³/mol. The number of aromatic nitrogens is 1. The van der Waals surface area contributed by atoms with Crippen molar-refractivity contribution in [3.63, 3.8) is 0 Å². The summed E-state index contributed by atoms with van der Waals surface area (Å²) in [6.45, 7) is 1.52. The quantitative estimate of drug-likeness (QED) is 0.518. The highest BCUT2D eigenvalue weighted by Gasteiger charge is 2.28. The highest BCUT2D eigenvalue weighted by molar-refractivity contribution is 6.08. The lowest BCUT2D eigenvalue weighted by atomic mass is 10.0. The summed E-state index contributed by atoms with van der Waals surface area (Å²) in [5.74, 6) is -1.16. The van der Waals surface area contributed by atoms with Crippen LogP contribution in [0.15, 0.2) is 48.5 Å². The van der Waals surface area contributed by atoms with Crippen LogP contribution in [-0.4, -0.2) is 41.1 Å². The largest absolute Gasteiger partial charge is 0.508 e. The van der Waals surface area contributed by atoms with E-state index in [1.807, 2.05) is 36.4 Å². The zero-order chi connectivity index (χ0) is 23.4. The van der Waals surface area contributed by atoms with E-state index >= 15 is 0 Å². The van der Waals surface area contributed by atoms with Gasteiger partial charge in [0.15, 0.2) is 6.61 Å². The van der Waals surface area contributed by atoms with Crippen LogP contribution in [0.2, 0.25) is 0 Å². The van der Waals surface area contributed by atoms with Gasteiger partial charge in [-0.2, -0.15) is 0 Å². The summed E-state index contributed by atoms with van der Waals surface area (Å²) in [4.78, 5) is 41.3. The number of hydrogen-bond donors (Lipinski definition) is 3. The Morgan fingerprint density at radius 2 is 1.85 bits per heavy atom. The van der Waals surface area contributed by atoms with E-state index < -0.39 is 24.5 Å². The van der Waals surface area contributed by atoms with E-state index in [1.165, 1.54) is 0 Å². The molecule has 0 atom stereocenters. The van der Waals surface area contributed by atoms with Crippen molar-refractivity contribution in [2.24, 2.45) is 0 Å². The molecule has 2 aromatic carbocycles. The Morgan fingerprint density at radius 3 is 2.61 bits per heavy atom. The molecule has 1 heterocycles. The summed E-state index contributed by atoms with van der Waals surface area (Å²) in [6, 6.07) is 13.5. The van der Waals surface area contributed by atoms with Gasteiger partial charge >= 0.3 is 12.0 Å². The van der Waals surface area contributed by atoms with E-state index in [9.17, 15) is 19.5 Å². The van der Waals surface area contributed by atoms with Gasteiger partial charge in [0.05, 0.1) is 16.8 Å². The van der Waals surface area contributed by atoms with Crippen LogP contribution < -0.4 is 10.6 Å². The normalized spacial score (nSPS) is 13.5. The number of para-hydroxylation sites is 1. The predicted octanol–water partition coefficient (Wildman–Crippen LogP) is 3.43. The Hall–Kier alpha value is -4.20. The number of phenols is 1. The number of urea groups is 1. The lowest BCUT2D eigenvalue weighted by Crippen LogP contribution is -2.41.